The highest BCUT2D eigenvalue weighted by atomic mass is 79.9. The number of nitriles is 1. The zero-order chi connectivity index (χ0) is 22.4. The third-order valence-electron chi connectivity index (χ3n) is 4.50. The summed E-state index contributed by atoms with van der Waals surface area (Å²) in [5.41, 5.74) is 2.43. The van der Waals surface area contributed by atoms with Gasteiger partial charge in [0.25, 0.3) is 5.91 Å². The predicted molar refractivity (Wildman–Crippen MR) is 126 cm³/mol. The molecule has 1 amide bonds. The summed E-state index contributed by atoms with van der Waals surface area (Å²) in [6, 6.07) is 19.0. The largest absolute Gasteiger partial charge is 0.496 e. The molecule has 0 aliphatic heterocycles. The van der Waals surface area contributed by atoms with Crippen LogP contribution in [-0.2, 0) is 11.2 Å². The minimum absolute atomic E-state index is 0.0567. The van der Waals surface area contributed by atoms with Crippen LogP contribution in [0.4, 0.5) is 10.1 Å². The standard InChI is InChI=1S/C24H17Br2FN2O2/c1-31-23-12-15(11-21(26)20(23)13-16-4-2-3-5-22(16)27)10-17(14-28)24(30)29-19-8-6-18(25)7-9-19/h2-12H,13H2,1H3,(H,29,30)/b17-10+. The van der Waals surface area contributed by atoms with Crippen molar-refractivity contribution in [1.82, 2.24) is 0 Å². The van der Waals surface area contributed by atoms with Gasteiger partial charge in [0, 0.05) is 26.6 Å². The molecule has 0 spiro atoms. The molecular formula is C24H17Br2FN2O2. The molecule has 0 saturated carbocycles. The van der Waals surface area contributed by atoms with Crippen molar-refractivity contribution in [3.05, 3.63) is 97.7 Å². The number of halogens is 3. The summed E-state index contributed by atoms with van der Waals surface area (Å²) in [4.78, 5) is 12.5. The van der Waals surface area contributed by atoms with Crippen molar-refractivity contribution < 1.29 is 13.9 Å². The van der Waals surface area contributed by atoms with Crippen molar-refractivity contribution in [1.29, 1.82) is 5.26 Å². The summed E-state index contributed by atoms with van der Waals surface area (Å²) in [6.07, 6.45) is 1.81. The van der Waals surface area contributed by atoms with E-state index in [0.29, 0.717) is 33.5 Å². The Labute approximate surface area is 196 Å². The first-order valence-electron chi connectivity index (χ1n) is 9.19. The number of methoxy groups -OCH3 is 1. The lowest BCUT2D eigenvalue weighted by molar-refractivity contribution is -0.112. The third-order valence-corrected chi connectivity index (χ3v) is 5.74. The highest BCUT2D eigenvalue weighted by Gasteiger charge is 2.15. The van der Waals surface area contributed by atoms with Gasteiger partial charge < -0.3 is 10.1 Å². The number of anilines is 1. The van der Waals surface area contributed by atoms with Crippen LogP contribution in [0.5, 0.6) is 5.75 Å². The molecule has 0 bridgehead atoms. The Morgan fingerprint density at radius 3 is 2.52 bits per heavy atom. The van der Waals surface area contributed by atoms with Gasteiger partial charge in [0.2, 0.25) is 0 Å². The molecule has 1 N–H and O–H groups in total. The second kappa shape index (κ2) is 10.4. The molecule has 0 unspecified atom stereocenters. The fourth-order valence-electron chi connectivity index (χ4n) is 2.95. The lowest BCUT2D eigenvalue weighted by atomic mass is 10.0. The fraction of sp³-hybridized carbons (Fsp3) is 0.0833. The van der Waals surface area contributed by atoms with Crippen LogP contribution >= 0.6 is 31.9 Å². The van der Waals surface area contributed by atoms with Gasteiger partial charge >= 0.3 is 0 Å². The number of ether oxygens (including phenoxy) is 1. The van der Waals surface area contributed by atoms with E-state index < -0.39 is 5.91 Å². The first-order chi connectivity index (χ1) is 14.9. The first kappa shape index (κ1) is 22.7. The molecule has 3 rings (SSSR count). The minimum atomic E-state index is -0.518. The molecule has 7 heteroatoms. The van der Waals surface area contributed by atoms with Crippen LogP contribution in [-0.4, -0.2) is 13.0 Å². The van der Waals surface area contributed by atoms with E-state index in [1.54, 1.807) is 54.6 Å². The molecule has 0 saturated heterocycles. The van der Waals surface area contributed by atoms with E-state index in [1.807, 2.05) is 6.07 Å². The predicted octanol–water partition coefficient (Wildman–Crippen LogP) is 6.50. The van der Waals surface area contributed by atoms with E-state index in [2.05, 4.69) is 37.2 Å². The van der Waals surface area contributed by atoms with Crippen LogP contribution in [0, 0.1) is 17.1 Å². The van der Waals surface area contributed by atoms with Crippen molar-refractivity contribution in [3.63, 3.8) is 0 Å². The molecule has 4 nitrogen and oxygen atoms in total. The van der Waals surface area contributed by atoms with Gasteiger partial charge in [0.1, 0.15) is 23.2 Å². The van der Waals surface area contributed by atoms with Crippen LogP contribution in [0.1, 0.15) is 16.7 Å². The van der Waals surface area contributed by atoms with Crippen LogP contribution in [0.3, 0.4) is 0 Å². The maximum Gasteiger partial charge on any atom is 0.266 e. The summed E-state index contributed by atoms with van der Waals surface area (Å²) in [5, 5.41) is 12.2. The number of hydrogen-bond donors (Lipinski definition) is 1. The number of carbonyl (C=O) groups excluding carboxylic acids is 1. The van der Waals surface area contributed by atoms with E-state index in [0.717, 1.165) is 10.0 Å². The van der Waals surface area contributed by atoms with Crippen molar-refractivity contribution in [3.8, 4) is 11.8 Å². The molecular weight excluding hydrogens is 527 g/mol. The fourth-order valence-corrected chi connectivity index (χ4v) is 3.81. The number of nitrogens with one attached hydrogen (secondary N) is 1. The molecule has 156 valence electrons. The highest BCUT2D eigenvalue weighted by Crippen LogP contribution is 2.32. The van der Waals surface area contributed by atoms with Crippen LogP contribution in [0.15, 0.2) is 75.2 Å². The topological polar surface area (TPSA) is 62.1 Å². The normalized spacial score (nSPS) is 11.0. The van der Waals surface area contributed by atoms with Gasteiger partial charge in [-0.25, -0.2) is 4.39 Å². The first-order valence-corrected chi connectivity index (χ1v) is 10.8. The maximum absolute atomic E-state index is 14.1. The van der Waals surface area contributed by atoms with E-state index in [9.17, 15) is 14.4 Å². The monoisotopic (exact) mass is 542 g/mol. The highest BCUT2D eigenvalue weighted by molar-refractivity contribution is 9.10. The minimum Gasteiger partial charge on any atom is -0.496 e. The molecule has 0 aliphatic carbocycles. The average molecular weight is 544 g/mol. The van der Waals surface area contributed by atoms with E-state index in [-0.39, 0.29) is 11.4 Å². The molecule has 0 heterocycles. The second-order valence-electron chi connectivity index (χ2n) is 6.58. The van der Waals surface area contributed by atoms with Gasteiger partial charge in [-0.15, -0.1) is 0 Å². The second-order valence-corrected chi connectivity index (χ2v) is 8.35. The Hall–Kier alpha value is -2.95. The molecule has 3 aromatic rings. The number of carbonyl (C=O) groups is 1. The van der Waals surface area contributed by atoms with E-state index >= 15 is 0 Å². The zero-order valence-corrected chi connectivity index (χ0v) is 19.6. The maximum atomic E-state index is 14.1. The Bertz CT molecular complexity index is 1190. The number of rotatable bonds is 6. The van der Waals surface area contributed by atoms with Gasteiger partial charge in [-0.05, 0) is 59.7 Å². The molecule has 31 heavy (non-hydrogen) atoms. The Morgan fingerprint density at radius 2 is 1.87 bits per heavy atom. The molecule has 0 radical (unpaired) electrons. The van der Waals surface area contributed by atoms with Crippen LogP contribution < -0.4 is 10.1 Å². The molecule has 3 aromatic carbocycles. The molecule has 0 aliphatic rings. The Balaban J connectivity index is 1.89. The quantitative estimate of drug-likeness (QED) is 0.285. The Morgan fingerprint density at radius 1 is 1.16 bits per heavy atom. The van der Waals surface area contributed by atoms with E-state index in [1.165, 1.54) is 19.3 Å². The van der Waals surface area contributed by atoms with Gasteiger partial charge in [-0.2, -0.15) is 5.26 Å². The zero-order valence-electron chi connectivity index (χ0n) is 16.5. The van der Waals surface area contributed by atoms with Crippen molar-refractivity contribution in [2.75, 3.05) is 12.4 Å². The molecule has 0 aromatic heterocycles. The van der Waals surface area contributed by atoms with Gasteiger partial charge in [-0.1, -0.05) is 50.1 Å². The van der Waals surface area contributed by atoms with Gasteiger partial charge in [-0.3, -0.25) is 4.79 Å². The summed E-state index contributed by atoms with van der Waals surface area (Å²) < 4.78 is 21.1. The number of amides is 1. The molecule has 0 atom stereocenters. The summed E-state index contributed by atoms with van der Waals surface area (Å²) in [6.45, 7) is 0. The number of nitrogens with zero attached hydrogens (tertiary/aromatic N) is 1. The smallest absolute Gasteiger partial charge is 0.266 e. The average Bonchev–Trinajstić information content (AvgIpc) is 2.76. The molecule has 0 fully saturated rings. The Kier molecular flexibility index (Phi) is 7.61. The SMILES string of the molecule is COc1cc(/C=C(\C#N)C(=O)Nc2ccc(Br)cc2)cc(Br)c1Cc1ccccc1F. The van der Waals surface area contributed by atoms with Gasteiger partial charge in [0.05, 0.1) is 7.11 Å². The summed E-state index contributed by atoms with van der Waals surface area (Å²) >= 11 is 6.85. The number of hydrogen-bond acceptors (Lipinski definition) is 3. The van der Waals surface area contributed by atoms with Crippen LogP contribution in [0.2, 0.25) is 0 Å². The van der Waals surface area contributed by atoms with Crippen LogP contribution in [0.25, 0.3) is 6.08 Å². The lowest BCUT2D eigenvalue weighted by Gasteiger charge is -2.13. The van der Waals surface area contributed by atoms with Crippen molar-refractivity contribution in [2.24, 2.45) is 0 Å². The van der Waals surface area contributed by atoms with E-state index in [4.69, 9.17) is 4.74 Å². The lowest BCUT2D eigenvalue weighted by Crippen LogP contribution is -2.13. The number of benzene rings is 3. The van der Waals surface area contributed by atoms with Crippen molar-refractivity contribution in [2.45, 2.75) is 6.42 Å². The van der Waals surface area contributed by atoms with Crippen molar-refractivity contribution >= 4 is 49.5 Å². The third kappa shape index (κ3) is 5.81. The summed E-state index contributed by atoms with van der Waals surface area (Å²) in [7, 11) is 1.52. The summed E-state index contributed by atoms with van der Waals surface area (Å²) in [5.74, 6) is -0.290. The van der Waals surface area contributed by atoms with Gasteiger partial charge in [0.15, 0.2) is 0 Å².